The zero-order valence-electron chi connectivity index (χ0n) is 10.3. The van der Waals surface area contributed by atoms with E-state index in [4.69, 9.17) is 10.2 Å². The zero-order valence-corrected chi connectivity index (χ0v) is 10.3. The third-order valence-electron chi connectivity index (χ3n) is 2.26. The van der Waals surface area contributed by atoms with E-state index in [1.54, 1.807) is 6.92 Å². The van der Waals surface area contributed by atoms with Crippen molar-refractivity contribution in [3.8, 4) is 0 Å². The molecule has 7 nitrogen and oxygen atoms in total. The lowest BCUT2D eigenvalue weighted by Crippen LogP contribution is -2.48. The van der Waals surface area contributed by atoms with Gasteiger partial charge in [0.2, 0.25) is 0 Å². The fraction of sp³-hybridized carbons (Fsp3) is 0.545. The maximum atomic E-state index is 11.7. The summed E-state index contributed by atoms with van der Waals surface area (Å²) < 4.78 is 0. The van der Waals surface area contributed by atoms with Crippen molar-refractivity contribution in [2.24, 2.45) is 0 Å². The van der Waals surface area contributed by atoms with Crippen LogP contribution in [0.4, 0.5) is 4.79 Å². The van der Waals surface area contributed by atoms with Gasteiger partial charge in [-0.2, -0.15) is 0 Å². The van der Waals surface area contributed by atoms with E-state index < -0.39 is 24.0 Å². The lowest BCUT2D eigenvalue weighted by molar-refractivity contribution is -0.140. The van der Waals surface area contributed by atoms with Crippen molar-refractivity contribution in [3.05, 3.63) is 12.7 Å². The van der Waals surface area contributed by atoms with Gasteiger partial charge in [-0.05, 0) is 13.3 Å². The SMILES string of the molecule is C=CCN(CC)C(=O)NC(CCC(=O)O)C(=O)O. The van der Waals surface area contributed by atoms with Gasteiger partial charge >= 0.3 is 18.0 Å². The molecule has 102 valence electrons. The summed E-state index contributed by atoms with van der Waals surface area (Å²) in [5.74, 6) is -2.35. The monoisotopic (exact) mass is 258 g/mol. The third-order valence-corrected chi connectivity index (χ3v) is 2.26. The molecule has 3 N–H and O–H groups in total. The van der Waals surface area contributed by atoms with Crippen molar-refractivity contribution in [1.82, 2.24) is 10.2 Å². The number of aliphatic carboxylic acids is 2. The smallest absolute Gasteiger partial charge is 0.326 e. The highest BCUT2D eigenvalue weighted by Gasteiger charge is 2.22. The summed E-state index contributed by atoms with van der Waals surface area (Å²) in [6, 6.07) is -1.75. The molecular formula is C11H18N2O5. The fourth-order valence-electron chi connectivity index (χ4n) is 1.28. The van der Waals surface area contributed by atoms with E-state index in [-0.39, 0.29) is 12.8 Å². The summed E-state index contributed by atoms with van der Waals surface area (Å²) in [5.41, 5.74) is 0. The number of carboxylic acids is 2. The van der Waals surface area contributed by atoms with Crippen LogP contribution >= 0.6 is 0 Å². The Labute approximate surface area is 105 Å². The predicted octanol–water partition coefficient (Wildman–Crippen LogP) is 0.522. The van der Waals surface area contributed by atoms with E-state index in [0.717, 1.165) is 0 Å². The standard InChI is InChI=1S/C11H18N2O5/c1-3-7-13(4-2)11(18)12-8(10(16)17)5-6-9(14)15/h3,8H,1,4-7H2,2H3,(H,12,18)(H,14,15)(H,16,17). The van der Waals surface area contributed by atoms with Crippen molar-refractivity contribution >= 4 is 18.0 Å². The van der Waals surface area contributed by atoms with E-state index in [1.807, 2.05) is 0 Å². The average molecular weight is 258 g/mol. The van der Waals surface area contributed by atoms with Crippen LogP contribution in [0.25, 0.3) is 0 Å². The molecule has 18 heavy (non-hydrogen) atoms. The molecular weight excluding hydrogens is 240 g/mol. The fourth-order valence-corrected chi connectivity index (χ4v) is 1.28. The minimum Gasteiger partial charge on any atom is -0.481 e. The predicted molar refractivity (Wildman–Crippen MR) is 64.3 cm³/mol. The average Bonchev–Trinajstić information content (AvgIpc) is 2.30. The van der Waals surface area contributed by atoms with Gasteiger partial charge in [0.15, 0.2) is 0 Å². The van der Waals surface area contributed by atoms with Crippen LogP contribution in [0.3, 0.4) is 0 Å². The Bertz CT molecular complexity index is 329. The minimum atomic E-state index is -1.25. The molecule has 0 fully saturated rings. The third kappa shape index (κ3) is 5.88. The summed E-state index contributed by atoms with van der Waals surface area (Å²) in [6.45, 7) is 5.94. The Hall–Kier alpha value is -2.05. The van der Waals surface area contributed by atoms with Gasteiger partial charge in [-0.15, -0.1) is 6.58 Å². The van der Waals surface area contributed by atoms with Gasteiger partial charge in [0.1, 0.15) is 6.04 Å². The molecule has 0 heterocycles. The number of hydrogen-bond donors (Lipinski definition) is 3. The molecule has 0 aliphatic heterocycles. The topological polar surface area (TPSA) is 107 Å². The molecule has 7 heteroatoms. The molecule has 0 saturated carbocycles. The van der Waals surface area contributed by atoms with E-state index >= 15 is 0 Å². The van der Waals surface area contributed by atoms with Crippen LogP contribution < -0.4 is 5.32 Å². The Morgan fingerprint density at radius 3 is 2.39 bits per heavy atom. The molecule has 0 bridgehead atoms. The number of carbonyl (C=O) groups excluding carboxylic acids is 1. The van der Waals surface area contributed by atoms with Gasteiger partial charge in [0.25, 0.3) is 0 Å². The first-order valence-corrected chi connectivity index (χ1v) is 5.53. The minimum absolute atomic E-state index is 0.151. The first-order valence-electron chi connectivity index (χ1n) is 5.53. The quantitative estimate of drug-likeness (QED) is 0.550. The number of nitrogens with one attached hydrogen (secondary N) is 1. The van der Waals surface area contributed by atoms with Crippen molar-refractivity contribution < 1.29 is 24.6 Å². The summed E-state index contributed by atoms with van der Waals surface area (Å²) in [4.78, 5) is 34.3. The number of likely N-dealkylation sites (N-methyl/N-ethyl adjacent to an activating group) is 1. The molecule has 0 radical (unpaired) electrons. The van der Waals surface area contributed by atoms with Crippen molar-refractivity contribution in [1.29, 1.82) is 0 Å². The maximum absolute atomic E-state index is 11.7. The maximum Gasteiger partial charge on any atom is 0.326 e. The molecule has 2 amide bonds. The Kier molecular flexibility index (Phi) is 7.18. The summed E-state index contributed by atoms with van der Waals surface area (Å²) >= 11 is 0. The van der Waals surface area contributed by atoms with Crippen LogP contribution in [0, 0.1) is 0 Å². The molecule has 0 aliphatic rings. The largest absolute Gasteiger partial charge is 0.481 e. The molecule has 1 unspecified atom stereocenters. The van der Waals surface area contributed by atoms with Gasteiger partial charge in [0.05, 0.1) is 0 Å². The lowest BCUT2D eigenvalue weighted by Gasteiger charge is -2.22. The van der Waals surface area contributed by atoms with E-state index in [0.29, 0.717) is 13.1 Å². The van der Waals surface area contributed by atoms with E-state index in [2.05, 4.69) is 11.9 Å². The van der Waals surface area contributed by atoms with Gasteiger partial charge in [-0.3, -0.25) is 4.79 Å². The van der Waals surface area contributed by atoms with Gasteiger partial charge < -0.3 is 20.4 Å². The van der Waals surface area contributed by atoms with E-state index in [1.165, 1.54) is 11.0 Å². The van der Waals surface area contributed by atoms with E-state index in [9.17, 15) is 14.4 Å². The highest BCUT2D eigenvalue weighted by Crippen LogP contribution is 2.00. The van der Waals surface area contributed by atoms with Crippen LogP contribution in [0.5, 0.6) is 0 Å². The number of amides is 2. The first-order chi connectivity index (χ1) is 8.42. The molecule has 0 aromatic rings. The van der Waals surface area contributed by atoms with Crippen molar-refractivity contribution in [3.63, 3.8) is 0 Å². The first kappa shape index (κ1) is 16.0. The molecule has 0 spiro atoms. The van der Waals surface area contributed by atoms with Crippen LogP contribution in [0.2, 0.25) is 0 Å². The zero-order chi connectivity index (χ0) is 14.1. The summed E-state index contributed by atoms with van der Waals surface area (Å²) in [7, 11) is 0. The summed E-state index contributed by atoms with van der Waals surface area (Å²) in [5, 5.41) is 19.6. The Morgan fingerprint density at radius 1 is 1.39 bits per heavy atom. The van der Waals surface area contributed by atoms with Crippen LogP contribution in [-0.2, 0) is 9.59 Å². The van der Waals surface area contributed by atoms with Crippen LogP contribution in [0.15, 0.2) is 12.7 Å². The van der Waals surface area contributed by atoms with Crippen molar-refractivity contribution in [2.75, 3.05) is 13.1 Å². The number of carbonyl (C=O) groups is 3. The number of hydrogen-bond acceptors (Lipinski definition) is 3. The molecule has 1 atom stereocenters. The van der Waals surface area contributed by atoms with Gasteiger partial charge in [-0.25, -0.2) is 9.59 Å². The van der Waals surface area contributed by atoms with Crippen molar-refractivity contribution in [2.45, 2.75) is 25.8 Å². The second-order valence-corrected chi connectivity index (χ2v) is 3.60. The second-order valence-electron chi connectivity index (χ2n) is 3.60. The Morgan fingerprint density at radius 2 is 2.00 bits per heavy atom. The molecule has 0 aromatic heterocycles. The molecule has 0 rings (SSSR count). The van der Waals surface area contributed by atoms with Crippen LogP contribution in [0.1, 0.15) is 19.8 Å². The molecule has 0 saturated heterocycles. The highest BCUT2D eigenvalue weighted by atomic mass is 16.4. The lowest BCUT2D eigenvalue weighted by atomic mass is 10.1. The summed E-state index contributed by atoms with van der Waals surface area (Å²) in [6.07, 6.45) is 1.06. The molecule has 0 aliphatic carbocycles. The second kappa shape index (κ2) is 8.10. The highest BCUT2D eigenvalue weighted by molar-refractivity contribution is 5.83. The van der Waals surface area contributed by atoms with Gasteiger partial charge in [0, 0.05) is 19.5 Å². The van der Waals surface area contributed by atoms with Gasteiger partial charge in [-0.1, -0.05) is 6.08 Å². The van der Waals surface area contributed by atoms with Crippen LogP contribution in [-0.4, -0.2) is 52.2 Å². The number of carboxylic acid groups (broad SMARTS) is 2. The number of nitrogens with zero attached hydrogens (tertiary/aromatic N) is 1. The molecule has 0 aromatic carbocycles. The number of rotatable bonds is 8. The number of urea groups is 1. The Balaban J connectivity index is 4.47. The normalized spacial score (nSPS) is 11.4.